The molecule has 1 aromatic carbocycles. The quantitative estimate of drug-likeness (QED) is 0.796. The first-order valence-corrected chi connectivity index (χ1v) is 7.59. The van der Waals surface area contributed by atoms with Crippen molar-refractivity contribution in [2.24, 2.45) is 0 Å². The normalized spacial score (nSPS) is 17.3. The van der Waals surface area contributed by atoms with Crippen molar-refractivity contribution in [1.82, 2.24) is 4.72 Å². The van der Waals surface area contributed by atoms with Crippen molar-refractivity contribution >= 4 is 15.7 Å². The Balaban J connectivity index is 2.14. The van der Waals surface area contributed by atoms with Gasteiger partial charge in [0.2, 0.25) is 10.0 Å². The molecule has 0 spiro atoms. The molecule has 0 aliphatic carbocycles. The zero-order valence-electron chi connectivity index (χ0n) is 10.8. The largest absolute Gasteiger partial charge is 0.490 e. The minimum Gasteiger partial charge on any atom is -0.490 e. The maximum absolute atomic E-state index is 11.7. The Labute approximate surface area is 112 Å². The third-order valence-corrected chi connectivity index (χ3v) is 4.50. The van der Waals surface area contributed by atoms with Gasteiger partial charge in [-0.15, -0.1) is 0 Å². The monoisotopic (exact) mass is 286 g/mol. The van der Waals surface area contributed by atoms with Crippen molar-refractivity contribution in [1.29, 1.82) is 0 Å². The molecule has 0 atom stereocenters. The van der Waals surface area contributed by atoms with Crippen molar-refractivity contribution in [2.75, 3.05) is 26.0 Å². The summed E-state index contributed by atoms with van der Waals surface area (Å²) in [5, 5.41) is 0. The molecular formula is C12H18N2O4S. The molecule has 7 heteroatoms. The van der Waals surface area contributed by atoms with Gasteiger partial charge in [0.25, 0.3) is 0 Å². The lowest BCUT2D eigenvalue weighted by atomic mass is 10.1. The minimum atomic E-state index is -3.53. The van der Waals surface area contributed by atoms with Gasteiger partial charge in [0.05, 0.1) is 18.9 Å². The molecule has 0 unspecified atom stereocenters. The van der Waals surface area contributed by atoms with Crippen molar-refractivity contribution < 1.29 is 17.9 Å². The van der Waals surface area contributed by atoms with E-state index in [1.54, 1.807) is 12.1 Å². The summed E-state index contributed by atoms with van der Waals surface area (Å²) in [5.74, 6) is 0.583. The van der Waals surface area contributed by atoms with Gasteiger partial charge in [0.1, 0.15) is 16.7 Å². The van der Waals surface area contributed by atoms with E-state index in [2.05, 4.69) is 4.72 Å². The molecule has 1 fully saturated rings. The molecule has 106 valence electrons. The standard InChI is InChI=1S/C12H18N2O4S/c1-14-19(15,16)12-3-2-10(8-11(12)13)18-9-4-6-17-7-5-9/h2-3,8-9,14H,4-7,13H2,1H3. The molecule has 1 heterocycles. The molecule has 1 aliphatic rings. The highest BCUT2D eigenvalue weighted by Gasteiger charge is 2.18. The first-order chi connectivity index (χ1) is 9.03. The number of benzene rings is 1. The van der Waals surface area contributed by atoms with E-state index in [4.69, 9.17) is 15.2 Å². The predicted octanol–water partition coefficient (Wildman–Crippen LogP) is 0.735. The number of anilines is 1. The lowest BCUT2D eigenvalue weighted by molar-refractivity contribution is 0.0256. The van der Waals surface area contributed by atoms with Gasteiger partial charge >= 0.3 is 0 Å². The van der Waals surface area contributed by atoms with Crippen LogP contribution in [0.15, 0.2) is 23.1 Å². The summed E-state index contributed by atoms with van der Waals surface area (Å²) in [7, 11) is -2.18. The number of sulfonamides is 1. The molecule has 0 radical (unpaired) electrons. The van der Waals surface area contributed by atoms with Crippen LogP contribution in [-0.4, -0.2) is 34.8 Å². The highest BCUT2D eigenvalue weighted by Crippen LogP contribution is 2.25. The Hall–Kier alpha value is -1.31. The lowest BCUT2D eigenvalue weighted by Crippen LogP contribution is -2.26. The highest BCUT2D eigenvalue weighted by atomic mass is 32.2. The first-order valence-electron chi connectivity index (χ1n) is 6.10. The Kier molecular flexibility index (Phi) is 4.28. The smallest absolute Gasteiger partial charge is 0.242 e. The summed E-state index contributed by atoms with van der Waals surface area (Å²) < 4.78 is 36.6. The van der Waals surface area contributed by atoms with Gasteiger partial charge in [-0.25, -0.2) is 13.1 Å². The summed E-state index contributed by atoms with van der Waals surface area (Å²) in [5.41, 5.74) is 5.94. The second-order valence-corrected chi connectivity index (χ2v) is 6.19. The molecule has 0 amide bonds. The number of hydrogen-bond acceptors (Lipinski definition) is 5. The van der Waals surface area contributed by atoms with Gasteiger partial charge in [0, 0.05) is 18.9 Å². The third-order valence-electron chi connectivity index (χ3n) is 3.01. The molecule has 1 aliphatic heterocycles. The molecule has 3 N–H and O–H groups in total. The molecule has 6 nitrogen and oxygen atoms in total. The lowest BCUT2D eigenvalue weighted by Gasteiger charge is -2.23. The maximum Gasteiger partial charge on any atom is 0.242 e. The van der Waals surface area contributed by atoms with Gasteiger partial charge < -0.3 is 15.2 Å². The van der Waals surface area contributed by atoms with E-state index in [1.165, 1.54) is 13.1 Å². The molecule has 1 saturated heterocycles. The Morgan fingerprint density at radius 3 is 2.63 bits per heavy atom. The highest BCUT2D eigenvalue weighted by molar-refractivity contribution is 7.89. The van der Waals surface area contributed by atoms with Gasteiger partial charge in [-0.3, -0.25) is 0 Å². The molecule has 0 aromatic heterocycles. The third kappa shape index (κ3) is 3.37. The average Bonchev–Trinajstić information content (AvgIpc) is 2.39. The fourth-order valence-corrected chi connectivity index (χ4v) is 2.78. The van der Waals surface area contributed by atoms with E-state index >= 15 is 0 Å². The molecule has 0 saturated carbocycles. The first kappa shape index (κ1) is 14.1. The van der Waals surface area contributed by atoms with Gasteiger partial charge in [-0.1, -0.05) is 0 Å². The van der Waals surface area contributed by atoms with Crippen molar-refractivity contribution in [2.45, 2.75) is 23.8 Å². The molecule has 0 bridgehead atoms. The van der Waals surface area contributed by atoms with E-state index in [1.807, 2.05) is 0 Å². The van der Waals surface area contributed by atoms with Gasteiger partial charge in [-0.2, -0.15) is 0 Å². The van der Waals surface area contributed by atoms with E-state index in [9.17, 15) is 8.42 Å². The second-order valence-electron chi connectivity index (χ2n) is 4.34. The van der Waals surface area contributed by atoms with Gasteiger partial charge in [-0.05, 0) is 19.2 Å². The van der Waals surface area contributed by atoms with Crippen LogP contribution in [0.3, 0.4) is 0 Å². The zero-order chi connectivity index (χ0) is 13.9. The van der Waals surface area contributed by atoms with E-state index in [0.717, 1.165) is 12.8 Å². The number of ether oxygens (including phenoxy) is 2. The van der Waals surface area contributed by atoms with Crippen molar-refractivity contribution in [3.8, 4) is 5.75 Å². The second kappa shape index (κ2) is 5.77. The van der Waals surface area contributed by atoms with Crippen LogP contribution in [0.5, 0.6) is 5.75 Å². The maximum atomic E-state index is 11.7. The number of rotatable bonds is 4. The summed E-state index contributed by atoms with van der Waals surface area (Å²) in [4.78, 5) is 0.0642. The topological polar surface area (TPSA) is 90.7 Å². The molecule has 1 aromatic rings. The van der Waals surface area contributed by atoms with Crippen LogP contribution in [0.2, 0.25) is 0 Å². The Morgan fingerprint density at radius 2 is 2.05 bits per heavy atom. The van der Waals surface area contributed by atoms with Crippen molar-refractivity contribution in [3.63, 3.8) is 0 Å². The number of nitrogen functional groups attached to an aromatic ring is 1. The van der Waals surface area contributed by atoms with Gasteiger partial charge in [0.15, 0.2) is 0 Å². The van der Waals surface area contributed by atoms with Crippen LogP contribution in [-0.2, 0) is 14.8 Å². The molecule has 19 heavy (non-hydrogen) atoms. The summed E-state index contributed by atoms with van der Waals surface area (Å²) >= 11 is 0. The fourth-order valence-electron chi connectivity index (χ4n) is 1.94. The fraction of sp³-hybridized carbons (Fsp3) is 0.500. The van der Waals surface area contributed by atoms with Crippen LogP contribution in [0, 0.1) is 0 Å². The van der Waals surface area contributed by atoms with E-state index in [0.29, 0.717) is 19.0 Å². The number of hydrogen-bond donors (Lipinski definition) is 2. The Bertz CT molecular complexity index is 539. The predicted molar refractivity (Wildman–Crippen MR) is 71.6 cm³/mol. The van der Waals surface area contributed by atoms with Crippen LogP contribution in [0.1, 0.15) is 12.8 Å². The Morgan fingerprint density at radius 1 is 1.37 bits per heavy atom. The summed E-state index contributed by atoms with van der Waals surface area (Å²) in [6.45, 7) is 1.37. The number of nitrogens with two attached hydrogens (primary N) is 1. The van der Waals surface area contributed by atoms with Crippen LogP contribution < -0.4 is 15.2 Å². The minimum absolute atomic E-state index is 0.0642. The van der Waals surface area contributed by atoms with Crippen LogP contribution in [0.25, 0.3) is 0 Å². The number of nitrogens with one attached hydrogen (secondary N) is 1. The van der Waals surface area contributed by atoms with E-state index < -0.39 is 10.0 Å². The summed E-state index contributed by atoms with van der Waals surface area (Å²) in [6.07, 6.45) is 1.76. The van der Waals surface area contributed by atoms with Crippen molar-refractivity contribution in [3.05, 3.63) is 18.2 Å². The summed E-state index contributed by atoms with van der Waals surface area (Å²) in [6, 6.07) is 4.62. The molecule has 2 rings (SSSR count). The van der Waals surface area contributed by atoms with E-state index in [-0.39, 0.29) is 16.7 Å². The SMILES string of the molecule is CNS(=O)(=O)c1ccc(OC2CCOCC2)cc1N. The zero-order valence-corrected chi connectivity index (χ0v) is 11.6. The van der Waals surface area contributed by atoms with Crippen LogP contribution >= 0.6 is 0 Å². The van der Waals surface area contributed by atoms with Crippen LogP contribution in [0.4, 0.5) is 5.69 Å². The average molecular weight is 286 g/mol. The molecular weight excluding hydrogens is 268 g/mol.